The van der Waals surface area contributed by atoms with E-state index in [9.17, 15) is 0 Å². The van der Waals surface area contributed by atoms with Crippen LogP contribution in [0.1, 0.15) is 50.8 Å². The average molecular weight is 273 g/mol. The summed E-state index contributed by atoms with van der Waals surface area (Å²) in [7, 11) is 0. The largest absolute Gasteiger partial charge is 0.377 e. The molecular formula is C15H23N5. The molecule has 5 heteroatoms. The molecule has 1 aliphatic rings. The lowest BCUT2D eigenvalue weighted by atomic mass is 10.3. The van der Waals surface area contributed by atoms with Crippen LogP contribution in [0, 0.1) is 0 Å². The van der Waals surface area contributed by atoms with E-state index in [1.165, 1.54) is 31.4 Å². The van der Waals surface area contributed by atoms with Gasteiger partial charge >= 0.3 is 0 Å². The maximum atomic E-state index is 4.49. The van der Waals surface area contributed by atoms with Crippen LogP contribution in [0.3, 0.4) is 0 Å². The Morgan fingerprint density at radius 1 is 1.30 bits per heavy atom. The number of hydrogen-bond donors (Lipinski definition) is 1. The molecule has 0 bridgehead atoms. The molecule has 0 spiro atoms. The normalized spacial score (nSPS) is 15.8. The van der Waals surface area contributed by atoms with Crippen molar-refractivity contribution < 1.29 is 0 Å². The van der Waals surface area contributed by atoms with Crippen LogP contribution in [0.2, 0.25) is 0 Å². The summed E-state index contributed by atoms with van der Waals surface area (Å²) >= 11 is 0. The zero-order chi connectivity index (χ0) is 13.8. The first kappa shape index (κ1) is 13.2. The van der Waals surface area contributed by atoms with Crippen molar-refractivity contribution >= 4 is 5.69 Å². The highest BCUT2D eigenvalue weighted by atomic mass is 15.3. The first-order valence-electron chi connectivity index (χ1n) is 7.65. The van der Waals surface area contributed by atoms with Crippen LogP contribution < -0.4 is 5.32 Å². The average Bonchev–Trinajstić information content (AvgIpc) is 3.18. The predicted molar refractivity (Wildman–Crippen MR) is 79.6 cm³/mol. The van der Waals surface area contributed by atoms with Crippen molar-refractivity contribution in [1.82, 2.24) is 19.6 Å². The van der Waals surface area contributed by atoms with Gasteiger partial charge in [-0.3, -0.25) is 9.36 Å². The molecule has 108 valence electrons. The van der Waals surface area contributed by atoms with Crippen molar-refractivity contribution in [3.8, 4) is 0 Å². The molecule has 0 aliphatic heterocycles. The summed E-state index contributed by atoms with van der Waals surface area (Å²) in [5, 5.41) is 12.3. The fraction of sp³-hybridized carbons (Fsp3) is 0.600. The molecule has 1 N–H and O–H groups in total. The molecule has 0 saturated heterocycles. The van der Waals surface area contributed by atoms with Crippen LogP contribution >= 0.6 is 0 Å². The molecule has 0 radical (unpaired) electrons. The van der Waals surface area contributed by atoms with Crippen molar-refractivity contribution in [3.63, 3.8) is 0 Å². The fourth-order valence-electron chi connectivity index (χ4n) is 2.91. The standard InChI is InChI=1S/C15H23N5/c1-2-9-19-15(7-8-17-19)11-16-13-10-18-20(12-13)14-5-3-4-6-14/h7-8,10,12,14,16H,2-6,9,11H2,1H3. The van der Waals surface area contributed by atoms with Gasteiger partial charge in [-0.15, -0.1) is 0 Å². The Balaban J connectivity index is 1.59. The highest BCUT2D eigenvalue weighted by Gasteiger charge is 2.17. The quantitative estimate of drug-likeness (QED) is 0.879. The van der Waals surface area contributed by atoms with E-state index in [0.717, 1.165) is 25.2 Å². The molecule has 1 saturated carbocycles. The Hall–Kier alpha value is -1.78. The van der Waals surface area contributed by atoms with Gasteiger partial charge < -0.3 is 5.32 Å². The molecule has 1 fully saturated rings. The smallest absolute Gasteiger partial charge is 0.0729 e. The van der Waals surface area contributed by atoms with E-state index in [-0.39, 0.29) is 0 Å². The molecule has 5 nitrogen and oxygen atoms in total. The van der Waals surface area contributed by atoms with Crippen molar-refractivity contribution in [2.45, 2.75) is 58.2 Å². The molecule has 0 unspecified atom stereocenters. The number of rotatable bonds is 6. The fourth-order valence-corrected chi connectivity index (χ4v) is 2.91. The van der Waals surface area contributed by atoms with Gasteiger partial charge in [0, 0.05) is 18.9 Å². The number of anilines is 1. The van der Waals surface area contributed by atoms with Crippen molar-refractivity contribution in [1.29, 1.82) is 0 Å². The molecular weight excluding hydrogens is 250 g/mol. The lowest BCUT2D eigenvalue weighted by Gasteiger charge is -2.09. The van der Waals surface area contributed by atoms with Crippen molar-refractivity contribution in [2.75, 3.05) is 5.32 Å². The van der Waals surface area contributed by atoms with Gasteiger partial charge in [-0.1, -0.05) is 19.8 Å². The second-order valence-corrected chi connectivity index (χ2v) is 5.55. The second-order valence-electron chi connectivity index (χ2n) is 5.55. The lowest BCUT2D eigenvalue weighted by molar-refractivity contribution is 0.467. The van der Waals surface area contributed by atoms with E-state index >= 15 is 0 Å². The molecule has 1 aliphatic carbocycles. The van der Waals surface area contributed by atoms with Crippen molar-refractivity contribution in [3.05, 3.63) is 30.4 Å². The van der Waals surface area contributed by atoms with Gasteiger partial charge in [0.2, 0.25) is 0 Å². The minimum Gasteiger partial charge on any atom is -0.377 e. The van der Waals surface area contributed by atoms with E-state index < -0.39 is 0 Å². The van der Waals surface area contributed by atoms with E-state index in [2.05, 4.69) is 44.1 Å². The third-order valence-corrected chi connectivity index (χ3v) is 4.01. The van der Waals surface area contributed by atoms with E-state index in [1.54, 1.807) is 0 Å². The van der Waals surface area contributed by atoms with Crippen LogP contribution in [-0.4, -0.2) is 19.6 Å². The van der Waals surface area contributed by atoms with Crippen LogP contribution in [0.4, 0.5) is 5.69 Å². The molecule has 3 rings (SSSR count). The summed E-state index contributed by atoms with van der Waals surface area (Å²) in [6.07, 6.45) is 12.3. The van der Waals surface area contributed by atoms with Crippen LogP contribution in [0.25, 0.3) is 0 Å². The number of nitrogens with one attached hydrogen (secondary N) is 1. The molecule has 20 heavy (non-hydrogen) atoms. The second kappa shape index (κ2) is 6.11. The maximum Gasteiger partial charge on any atom is 0.0729 e. The summed E-state index contributed by atoms with van der Waals surface area (Å²) in [5.74, 6) is 0. The zero-order valence-electron chi connectivity index (χ0n) is 12.1. The molecule has 0 aromatic carbocycles. The van der Waals surface area contributed by atoms with Gasteiger partial charge in [0.05, 0.1) is 30.2 Å². The van der Waals surface area contributed by atoms with Gasteiger partial charge in [0.1, 0.15) is 0 Å². The minimum atomic E-state index is 0.608. The van der Waals surface area contributed by atoms with E-state index in [0.29, 0.717) is 6.04 Å². The third kappa shape index (κ3) is 2.86. The number of aromatic nitrogens is 4. The first-order valence-corrected chi connectivity index (χ1v) is 7.65. The first-order chi connectivity index (χ1) is 9.86. The Morgan fingerprint density at radius 2 is 2.15 bits per heavy atom. The van der Waals surface area contributed by atoms with Crippen LogP contribution in [-0.2, 0) is 13.1 Å². The van der Waals surface area contributed by atoms with Gasteiger partial charge in [-0.05, 0) is 25.3 Å². The monoisotopic (exact) mass is 273 g/mol. The summed E-state index contributed by atoms with van der Waals surface area (Å²) in [4.78, 5) is 0. The topological polar surface area (TPSA) is 47.7 Å². The molecule has 0 atom stereocenters. The van der Waals surface area contributed by atoms with Crippen molar-refractivity contribution in [2.24, 2.45) is 0 Å². The Labute approximate surface area is 120 Å². The minimum absolute atomic E-state index is 0.608. The molecule has 2 aromatic heterocycles. The van der Waals surface area contributed by atoms with Crippen LogP contribution in [0.15, 0.2) is 24.7 Å². The summed E-state index contributed by atoms with van der Waals surface area (Å²) < 4.78 is 4.19. The molecule has 2 heterocycles. The zero-order valence-corrected chi connectivity index (χ0v) is 12.1. The van der Waals surface area contributed by atoms with Crippen LogP contribution in [0.5, 0.6) is 0 Å². The Morgan fingerprint density at radius 3 is 2.95 bits per heavy atom. The third-order valence-electron chi connectivity index (χ3n) is 4.01. The Kier molecular flexibility index (Phi) is 4.04. The highest BCUT2D eigenvalue weighted by molar-refractivity contribution is 5.38. The SMILES string of the molecule is CCCn1nccc1CNc1cnn(C2CCCC2)c1. The van der Waals surface area contributed by atoms with Gasteiger partial charge in [-0.2, -0.15) is 10.2 Å². The lowest BCUT2D eigenvalue weighted by Crippen LogP contribution is -2.08. The molecule has 2 aromatic rings. The highest BCUT2D eigenvalue weighted by Crippen LogP contribution is 2.29. The van der Waals surface area contributed by atoms with E-state index in [1.807, 2.05) is 12.4 Å². The van der Waals surface area contributed by atoms with E-state index in [4.69, 9.17) is 0 Å². The number of hydrogen-bond acceptors (Lipinski definition) is 3. The summed E-state index contributed by atoms with van der Waals surface area (Å²) in [6.45, 7) is 3.95. The number of nitrogens with zero attached hydrogens (tertiary/aromatic N) is 4. The van der Waals surface area contributed by atoms with Gasteiger partial charge in [-0.25, -0.2) is 0 Å². The molecule has 0 amide bonds. The van der Waals surface area contributed by atoms with Gasteiger partial charge in [0.25, 0.3) is 0 Å². The summed E-state index contributed by atoms with van der Waals surface area (Å²) in [6, 6.07) is 2.68. The summed E-state index contributed by atoms with van der Waals surface area (Å²) in [5.41, 5.74) is 2.32. The maximum absolute atomic E-state index is 4.49. The predicted octanol–water partition coefficient (Wildman–Crippen LogP) is 3.22. The van der Waals surface area contributed by atoms with Gasteiger partial charge in [0.15, 0.2) is 0 Å². The number of aryl methyl sites for hydroxylation is 1. The Bertz CT molecular complexity index is 536.